The van der Waals surface area contributed by atoms with E-state index >= 15 is 0 Å². The van der Waals surface area contributed by atoms with E-state index in [2.05, 4.69) is 43.5 Å². The Bertz CT molecular complexity index is 399. The first-order valence-corrected chi connectivity index (χ1v) is 5.12. The fourth-order valence-corrected chi connectivity index (χ4v) is 2.12. The molecule has 1 radical (unpaired) electrons. The van der Waals surface area contributed by atoms with Crippen molar-refractivity contribution in [2.45, 2.75) is 13.8 Å². The zero-order valence-electron chi connectivity index (χ0n) is 7.79. The van der Waals surface area contributed by atoms with Gasteiger partial charge in [-0.25, -0.2) is 0 Å². The Hall–Kier alpha value is -1.08. The van der Waals surface area contributed by atoms with Crippen LogP contribution in [0.25, 0.3) is 10.4 Å². The minimum atomic E-state index is 1.31. The number of hydrogen-bond donors (Lipinski definition) is 0. The van der Waals surface area contributed by atoms with Gasteiger partial charge in [-0.05, 0) is 37.1 Å². The van der Waals surface area contributed by atoms with Gasteiger partial charge in [-0.1, -0.05) is 23.8 Å². The lowest BCUT2D eigenvalue weighted by atomic mass is 10.0. The topological polar surface area (TPSA) is 0 Å². The molecule has 0 saturated heterocycles. The van der Waals surface area contributed by atoms with Crippen molar-refractivity contribution in [3.63, 3.8) is 0 Å². The highest BCUT2D eigenvalue weighted by Gasteiger charge is 2.02. The van der Waals surface area contributed by atoms with Crippen LogP contribution in [-0.4, -0.2) is 0 Å². The van der Waals surface area contributed by atoms with Gasteiger partial charge < -0.3 is 0 Å². The third kappa shape index (κ3) is 1.65. The molecule has 2 rings (SSSR count). The normalized spacial score (nSPS) is 10.3. The lowest BCUT2D eigenvalue weighted by molar-refractivity contribution is 1.40. The van der Waals surface area contributed by atoms with Crippen molar-refractivity contribution >= 4 is 11.3 Å². The van der Waals surface area contributed by atoms with E-state index in [0.717, 1.165) is 0 Å². The summed E-state index contributed by atoms with van der Waals surface area (Å²) in [4.78, 5) is 1.31. The van der Waals surface area contributed by atoms with Crippen LogP contribution in [0.2, 0.25) is 0 Å². The molecule has 13 heavy (non-hydrogen) atoms. The Morgan fingerprint density at radius 2 is 2.00 bits per heavy atom. The maximum absolute atomic E-state index is 3.12. The predicted octanol–water partition coefficient (Wildman–Crippen LogP) is 3.83. The van der Waals surface area contributed by atoms with Gasteiger partial charge in [0.15, 0.2) is 0 Å². The molecule has 0 atom stereocenters. The van der Waals surface area contributed by atoms with E-state index in [-0.39, 0.29) is 0 Å². The summed E-state index contributed by atoms with van der Waals surface area (Å²) < 4.78 is 0. The molecule has 0 aliphatic heterocycles. The molecule has 0 bridgehead atoms. The summed E-state index contributed by atoms with van der Waals surface area (Å²) in [5.41, 5.74) is 3.99. The molecule has 1 aromatic heterocycles. The van der Waals surface area contributed by atoms with Gasteiger partial charge in [-0.3, -0.25) is 0 Å². The molecule has 2 aromatic rings. The SMILES string of the molecule is Cc1ccc(C)c(-c2cc[c]s2)c1. The molecule has 1 heterocycles. The third-order valence-electron chi connectivity index (χ3n) is 2.13. The summed E-state index contributed by atoms with van der Waals surface area (Å²) in [6, 6.07) is 10.6. The third-order valence-corrected chi connectivity index (χ3v) is 2.96. The van der Waals surface area contributed by atoms with Crippen molar-refractivity contribution in [1.29, 1.82) is 0 Å². The van der Waals surface area contributed by atoms with Crippen LogP contribution in [0.4, 0.5) is 0 Å². The van der Waals surface area contributed by atoms with Crippen LogP contribution in [0.1, 0.15) is 11.1 Å². The van der Waals surface area contributed by atoms with Crippen molar-refractivity contribution in [2.24, 2.45) is 0 Å². The summed E-state index contributed by atoms with van der Waals surface area (Å²) in [6.07, 6.45) is 0. The minimum absolute atomic E-state index is 1.31. The Kier molecular flexibility index (Phi) is 2.19. The predicted molar refractivity (Wildman–Crippen MR) is 58.1 cm³/mol. The summed E-state index contributed by atoms with van der Waals surface area (Å²) in [6.45, 7) is 4.27. The molecule has 0 spiro atoms. The van der Waals surface area contributed by atoms with Crippen LogP contribution in [-0.2, 0) is 0 Å². The molecular formula is C12H11S. The molecular weight excluding hydrogens is 176 g/mol. The molecule has 0 nitrogen and oxygen atoms in total. The highest BCUT2D eigenvalue weighted by Crippen LogP contribution is 2.27. The second-order valence-corrected chi connectivity index (χ2v) is 4.12. The summed E-state index contributed by atoms with van der Waals surface area (Å²) in [5, 5.41) is 3.12. The van der Waals surface area contributed by atoms with Crippen LogP contribution in [0.3, 0.4) is 0 Å². The molecule has 1 aromatic carbocycles. The van der Waals surface area contributed by atoms with Gasteiger partial charge in [-0.2, -0.15) is 0 Å². The Morgan fingerprint density at radius 3 is 2.69 bits per heavy atom. The van der Waals surface area contributed by atoms with Crippen molar-refractivity contribution in [3.8, 4) is 10.4 Å². The van der Waals surface area contributed by atoms with E-state index in [1.54, 1.807) is 11.3 Å². The standard InChI is InChI=1S/C12H11S/c1-9-5-6-10(2)11(8-9)12-4-3-7-13-12/h3-6,8H,1-2H3. The summed E-state index contributed by atoms with van der Waals surface area (Å²) in [5.74, 6) is 0. The number of rotatable bonds is 1. The van der Waals surface area contributed by atoms with Crippen molar-refractivity contribution in [2.75, 3.05) is 0 Å². The van der Waals surface area contributed by atoms with E-state index in [9.17, 15) is 0 Å². The highest BCUT2D eigenvalue weighted by atomic mass is 32.1. The van der Waals surface area contributed by atoms with Gasteiger partial charge in [0.1, 0.15) is 0 Å². The Labute approximate surface area is 82.9 Å². The zero-order valence-corrected chi connectivity index (χ0v) is 8.61. The molecule has 0 aliphatic carbocycles. The average molecular weight is 187 g/mol. The van der Waals surface area contributed by atoms with Gasteiger partial charge in [0.25, 0.3) is 0 Å². The largest absolute Gasteiger partial charge is 0.134 e. The fraction of sp³-hybridized carbons (Fsp3) is 0.167. The first kappa shape index (κ1) is 8.52. The van der Waals surface area contributed by atoms with Gasteiger partial charge in [-0.15, -0.1) is 11.3 Å². The smallest absolute Gasteiger partial charge is 0.0449 e. The molecule has 0 amide bonds. The molecule has 0 aliphatic rings. The zero-order chi connectivity index (χ0) is 9.26. The van der Waals surface area contributed by atoms with E-state index < -0.39 is 0 Å². The summed E-state index contributed by atoms with van der Waals surface area (Å²) >= 11 is 1.67. The van der Waals surface area contributed by atoms with Crippen LogP contribution >= 0.6 is 11.3 Å². The first-order chi connectivity index (χ1) is 6.27. The highest BCUT2D eigenvalue weighted by molar-refractivity contribution is 7.13. The van der Waals surface area contributed by atoms with Crippen LogP contribution in [0, 0.1) is 19.2 Å². The number of thiophene rings is 1. The minimum Gasteiger partial charge on any atom is -0.134 e. The second kappa shape index (κ2) is 3.35. The number of aryl methyl sites for hydroxylation is 2. The summed E-state index contributed by atoms with van der Waals surface area (Å²) in [7, 11) is 0. The molecule has 0 N–H and O–H groups in total. The number of hydrogen-bond acceptors (Lipinski definition) is 1. The quantitative estimate of drug-likeness (QED) is 0.636. The Morgan fingerprint density at radius 1 is 1.15 bits per heavy atom. The maximum Gasteiger partial charge on any atom is 0.0449 e. The van der Waals surface area contributed by atoms with E-state index in [0.29, 0.717) is 0 Å². The van der Waals surface area contributed by atoms with Gasteiger partial charge in [0, 0.05) is 10.3 Å². The first-order valence-electron chi connectivity index (χ1n) is 4.31. The van der Waals surface area contributed by atoms with Gasteiger partial charge in [0.2, 0.25) is 0 Å². The lowest BCUT2D eigenvalue weighted by Gasteiger charge is -2.03. The maximum atomic E-state index is 3.12. The van der Waals surface area contributed by atoms with E-state index in [1.807, 2.05) is 6.07 Å². The molecule has 0 unspecified atom stereocenters. The monoisotopic (exact) mass is 187 g/mol. The molecule has 1 heteroatoms. The Balaban J connectivity index is 2.57. The van der Waals surface area contributed by atoms with Crippen molar-refractivity contribution in [3.05, 3.63) is 46.8 Å². The van der Waals surface area contributed by atoms with Crippen molar-refractivity contribution < 1.29 is 0 Å². The van der Waals surface area contributed by atoms with Crippen LogP contribution in [0.5, 0.6) is 0 Å². The van der Waals surface area contributed by atoms with Crippen LogP contribution in [0.15, 0.2) is 30.3 Å². The molecule has 65 valence electrons. The average Bonchev–Trinajstić information content (AvgIpc) is 2.61. The lowest BCUT2D eigenvalue weighted by Crippen LogP contribution is -1.81. The van der Waals surface area contributed by atoms with E-state index in [4.69, 9.17) is 0 Å². The molecule has 0 saturated carbocycles. The van der Waals surface area contributed by atoms with Gasteiger partial charge in [0.05, 0.1) is 0 Å². The van der Waals surface area contributed by atoms with Gasteiger partial charge >= 0.3 is 0 Å². The number of benzene rings is 1. The second-order valence-electron chi connectivity index (χ2n) is 3.24. The van der Waals surface area contributed by atoms with Crippen molar-refractivity contribution in [1.82, 2.24) is 0 Å². The van der Waals surface area contributed by atoms with E-state index in [1.165, 1.54) is 21.6 Å². The van der Waals surface area contributed by atoms with Crippen LogP contribution < -0.4 is 0 Å². The molecule has 0 fully saturated rings. The fourth-order valence-electron chi connectivity index (χ4n) is 1.39.